The second-order valence-corrected chi connectivity index (χ2v) is 7.78. The molecule has 0 N–H and O–H groups in total. The highest BCUT2D eigenvalue weighted by atomic mass is 19.2. The summed E-state index contributed by atoms with van der Waals surface area (Å²) in [4.78, 5) is 0. The summed E-state index contributed by atoms with van der Waals surface area (Å²) in [6.07, 6.45) is 2.65. The van der Waals surface area contributed by atoms with Crippen LogP contribution in [0.15, 0.2) is 96.9 Å². The third-order valence-electron chi connectivity index (χ3n) is 5.18. The first-order valence-corrected chi connectivity index (χ1v) is 10.1. The molecule has 0 aliphatic rings. The van der Waals surface area contributed by atoms with Gasteiger partial charge in [0, 0.05) is 11.1 Å². The molecule has 31 heavy (non-hydrogen) atoms. The molecule has 0 unspecified atom stereocenters. The Kier molecular flexibility index (Phi) is 6.96. The van der Waals surface area contributed by atoms with Crippen molar-refractivity contribution in [2.45, 2.75) is 26.7 Å². The van der Waals surface area contributed by atoms with E-state index in [1.165, 1.54) is 6.08 Å². The zero-order valence-corrected chi connectivity index (χ0v) is 17.8. The lowest BCUT2D eigenvalue weighted by molar-refractivity contribution is 0.514. The van der Waals surface area contributed by atoms with Gasteiger partial charge in [0.05, 0.1) is 0 Å². The normalized spacial score (nSPS) is 11.5. The van der Waals surface area contributed by atoms with Gasteiger partial charge in [-0.05, 0) is 55.0 Å². The number of rotatable bonds is 7. The maximum Gasteiger partial charge on any atom is 0.167 e. The Morgan fingerprint density at radius 2 is 1.29 bits per heavy atom. The number of hydrogen-bond donors (Lipinski definition) is 0. The molecule has 0 amide bonds. The van der Waals surface area contributed by atoms with E-state index in [-0.39, 0.29) is 17.0 Å². The fourth-order valence-electron chi connectivity index (χ4n) is 3.26. The van der Waals surface area contributed by atoms with Gasteiger partial charge in [-0.2, -0.15) is 0 Å². The molecule has 0 atom stereocenters. The van der Waals surface area contributed by atoms with Gasteiger partial charge in [-0.15, -0.1) is 0 Å². The largest absolute Gasteiger partial charge is 0.207 e. The van der Waals surface area contributed by atoms with E-state index in [0.717, 1.165) is 11.1 Å². The van der Waals surface area contributed by atoms with E-state index in [0.29, 0.717) is 35.1 Å². The highest BCUT2D eigenvalue weighted by Gasteiger charge is 2.16. The summed E-state index contributed by atoms with van der Waals surface area (Å²) in [6, 6.07) is 17.8. The minimum absolute atomic E-state index is 0.218. The summed E-state index contributed by atoms with van der Waals surface area (Å²) in [7, 11) is 0. The summed E-state index contributed by atoms with van der Waals surface area (Å²) in [5.74, 6) is -2.08. The van der Waals surface area contributed by atoms with Crippen LogP contribution in [0.3, 0.4) is 0 Å². The van der Waals surface area contributed by atoms with Crippen LogP contribution in [0.1, 0.15) is 24.5 Å². The number of allylic oxidation sites excluding steroid dienone is 4. The lowest BCUT2D eigenvalue weighted by Gasteiger charge is -2.10. The molecule has 3 aromatic rings. The van der Waals surface area contributed by atoms with Crippen LogP contribution in [0.4, 0.5) is 13.2 Å². The molecule has 158 valence electrons. The minimum atomic E-state index is -0.861. The van der Waals surface area contributed by atoms with E-state index < -0.39 is 11.6 Å². The second kappa shape index (κ2) is 9.65. The predicted octanol–water partition coefficient (Wildman–Crippen LogP) is 8.53. The quantitative estimate of drug-likeness (QED) is 0.337. The smallest absolute Gasteiger partial charge is 0.167 e. The average molecular weight is 419 g/mol. The van der Waals surface area contributed by atoms with Crippen molar-refractivity contribution in [1.82, 2.24) is 0 Å². The molecule has 0 saturated heterocycles. The Hall–Kier alpha value is -3.33. The van der Waals surface area contributed by atoms with Gasteiger partial charge >= 0.3 is 0 Å². The molecule has 0 nitrogen and oxygen atoms in total. The predicted molar refractivity (Wildman–Crippen MR) is 123 cm³/mol. The summed E-state index contributed by atoms with van der Waals surface area (Å²) in [5, 5.41) is 0. The fourth-order valence-corrected chi connectivity index (χ4v) is 3.26. The van der Waals surface area contributed by atoms with Crippen LogP contribution in [0, 0.1) is 18.6 Å². The molecule has 0 aliphatic heterocycles. The molecule has 0 radical (unpaired) electrons. The zero-order chi connectivity index (χ0) is 22.5. The van der Waals surface area contributed by atoms with Crippen molar-refractivity contribution in [3.05, 3.63) is 120 Å². The molecule has 0 aliphatic carbocycles. The maximum atomic E-state index is 14.8. The topological polar surface area (TPSA) is 0 Å². The van der Waals surface area contributed by atoms with E-state index in [9.17, 15) is 13.2 Å². The third kappa shape index (κ3) is 5.43. The van der Waals surface area contributed by atoms with Crippen molar-refractivity contribution in [3.63, 3.8) is 0 Å². The van der Waals surface area contributed by atoms with Gasteiger partial charge in [-0.3, -0.25) is 0 Å². The monoisotopic (exact) mass is 418 g/mol. The van der Waals surface area contributed by atoms with Gasteiger partial charge in [0.2, 0.25) is 0 Å². The second-order valence-electron chi connectivity index (χ2n) is 7.78. The highest BCUT2D eigenvalue weighted by Crippen LogP contribution is 2.32. The van der Waals surface area contributed by atoms with Crippen molar-refractivity contribution in [3.8, 4) is 22.3 Å². The number of aryl methyl sites for hydroxylation is 2. The van der Waals surface area contributed by atoms with Crippen LogP contribution in [0.5, 0.6) is 0 Å². The molecule has 0 saturated carbocycles. The molecule has 3 aromatic carbocycles. The Morgan fingerprint density at radius 3 is 1.77 bits per heavy atom. The van der Waals surface area contributed by atoms with Crippen molar-refractivity contribution >= 4 is 0 Å². The van der Waals surface area contributed by atoms with Gasteiger partial charge in [-0.1, -0.05) is 85.0 Å². The van der Waals surface area contributed by atoms with Crippen LogP contribution in [0.2, 0.25) is 0 Å². The molecule has 0 heterocycles. The van der Waals surface area contributed by atoms with Gasteiger partial charge in [0.15, 0.2) is 11.6 Å². The Balaban J connectivity index is 1.76. The molecule has 3 rings (SSSR count). The zero-order valence-electron chi connectivity index (χ0n) is 17.8. The molecular weight excluding hydrogens is 393 g/mol. The number of halogens is 3. The van der Waals surface area contributed by atoms with Crippen molar-refractivity contribution in [2.24, 2.45) is 0 Å². The molecule has 0 bridgehead atoms. The standard InChI is InChI=1S/C28H25F3/c1-18(2)26(29)17-20(4)5-8-21-9-13-23(14-10-21)25-16-15-24(27(30)28(25)31)22-11-6-19(3)7-12-22/h6-7,9-17H,1,4-5,8H2,2-3H3/b26-17+. The minimum Gasteiger partial charge on any atom is -0.207 e. The first kappa shape index (κ1) is 22.4. The van der Waals surface area contributed by atoms with E-state index in [4.69, 9.17) is 0 Å². The molecule has 0 spiro atoms. The first-order valence-electron chi connectivity index (χ1n) is 10.1. The maximum absolute atomic E-state index is 14.8. The third-order valence-corrected chi connectivity index (χ3v) is 5.18. The Morgan fingerprint density at radius 1 is 0.806 bits per heavy atom. The summed E-state index contributed by atoms with van der Waals surface area (Å²) < 4.78 is 43.2. The van der Waals surface area contributed by atoms with Crippen molar-refractivity contribution in [2.75, 3.05) is 0 Å². The van der Waals surface area contributed by atoms with E-state index in [2.05, 4.69) is 13.2 Å². The SMILES string of the molecule is C=C(/C=C(/F)C(=C)C)CCc1ccc(-c2ccc(-c3ccc(C)cc3)c(F)c2F)cc1. The van der Waals surface area contributed by atoms with Gasteiger partial charge in [0.25, 0.3) is 0 Å². The van der Waals surface area contributed by atoms with Crippen molar-refractivity contribution in [1.29, 1.82) is 0 Å². The van der Waals surface area contributed by atoms with Crippen LogP contribution in [-0.2, 0) is 6.42 Å². The fraction of sp³-hybridized carbons (Fsp3) is 0.143. The number of hydrogen-bond acceptors (Lipinski definition) is 0. The molecule has 3 heteroatoms. The summed E-state index contributed by atoms with van der Waals surface area (Å²) in [6.45, 7) is 11.0. The molecule has 0 aromatic heterocycles. The van der Waals surface area contributed by atoms with Crippen molar-refractivity contribution < 1.29 is 13.2 Å². The van der Waals surface area contributed by atoms with E-state index >= 15 is 0 Å². The van der Waals surface area contributed by atoms with Crippen LogP contribution in [-0.4, -0.2) is 0 Å². The molecular formula is C28H25F3. The first-order chi connectivity index (χ1) is 14.8. The highest BCUT2D eigenvalue weighted by molar-refractivity contribution is 5.72. The Labute approximate surface area is 182 Å². The average Bonchev–Trinajstić information content (AvgIpc) is 2.75. The van der Waals surface area contributed by atoms with E-state index in [1.54, 1.807) is 43.3 Å². The van der Waals surface area contributed by atoms with Gasteiger partial charge < -0.3 is 0 Å². The molecule has 0 fully saturated rings. The van der Waals surface area contributed by atoms with Crippen LogP contribution >= 0.6 is 0 Å². The van der Waals surface area contributed by atoms with Crippen LogP contribution < -0.4 is 0 Å². The number of benzene rings is 3. The summed E-state index contributed by atoms with van der Waals surface area (Å²) >= 11 is 0. The van der Waals surface area contributed by atoms with Gasteiger partial charge in [0.1, 0.15) is 5.83 Å². The lowest BCUT2D eigenvalue weighted by atomic mass is 9.97. The Bertz CT molecular complexity index is 1130. The van der Waals surface area contributed by atoms with E-state index in [1.807, 2.05) is 31.2 Å². The van der Waals surface area contributed by atoms with Gasteiger partial charge in [-0.25, -0.2) is 13.2 Å². The van der Waals surface area contributed by atoms with Crippen LogP contribution in [0.25, 0.3) is 22.3 Å². The summed E-state index contributed by atoms with van der Waals surface area (Å²) in [5.41, 5.74) is 4.80. The lowest BCUT2D eigenvalue weighted by Crippen LogP contribution is -1.94.